The Labute approximate surface area is 68.1 Å². The maximum absolute atomic E-state index is 10.4. The lowest BCUT2D eigenvalue weighted by Gasteiger charge is -2.13. The van der Waals surface area contributed by atoms with Gasteiger partial charge in [0, 0.05) is 13.0 Å². The van der Waals surface area contributed by atoms with Crippen molar-refractivity contribution < 1.29 is 9.53 Å². The molecular weight excluding hydrogens is 142 g/mol. The van der Waals surface area contributed by atoms with Crippen LogP contribution in [0.4, 0.5) is 0 Å². The van der Waals surface area contributed by atoms with E-state index in [1.807, 2.05) is 7.05 Å². The van der Waals surface area contributed by atoms with Crippen LogP contribution in [0.25, 0.3) is 0 Å². The van der Waals surface area contributed by atoms with E-state index in [-0.39, 0.29) is 5.97 Å². The Bertz CT molecular complexity index is 115. The van der Waals surface area contributed by atoms with Gasteiger partial charge < -0.3 is 10.1 Å². The monoisotopic (exact) mass is 159 g/mol. The average Bonchev–Trinajstić information content (AvgIpc) is 1.97. The molecule has 3 heteroatoms. The lowest BCUT2D eigenvalue weighted by molar-refractivity contribution is -0.141. The topological polar surface area (TPSA) is 38.3 Å². The van der Waals surface area contributed by atoms with Crippen LogP contribution in [0.15, 0.2) is 0 Å². The fourth-order valence-corrected chi connectivity index (χ4v) is 0.877. The van der Waals surface area contributed by atoms with Gasteiger partial charge in [-0.15, -0.1) is 0 Å². The second kappa shape index (κ2) is 6.16. The molecule has 0 heterocycles. The molecular formula is C8H17NO2. The summed E-state index contributed by atoms with van der Waals surface area (Å²) in [5.41, 5.74) is 0. The van der Waals surface area contributed by atoms with E-state index in [4.69, 9.17) is 4.74 Å². The van der Waals surface area contributed by atoms with Gasteiger partial charge in [0.1, 0.15) is 6.61 Å². The molecule has 3 nitrogen and oxygen atoms in total. The van der Waals surface area contributed by atoms with E-state index < -0.39 is 0 Å². The molecule has 0 radical (unpaired) electrons. The molecule has 0 aromatic rings. The van der Waals surface area contributed by atoms with Crippen molar-refractivity contribution in [1.82, 2.24) is 5.32 Å². The first kappa shape index (κ1) is 10.4. The fraction of sp³-hybridized carbons (Fsp3) is 0.875. The predicted molar refractivity (Wildman–Crippen MR) is 44.4 cm³/mol. The van der Waals surface area contributed by atoms with Crippen LogP contribution in [0.3, 0.4) is 0 Å². The highest BCUT2D eigenvalue weighted by atomic mass is 16.5. The Morgan fingerprint density at radius 3 is 2.64 bits per heavy atom. The highest BCUT2D eigenvalue weighted by Crippen LogP contribution is 1.96. The van der Waals surface area contributed by atoms with E-state index in [1.165, 1.54) is 6.92 Å². The molecule has 0 saturated heterocycles. The van der Waals surface area contributed by atoms with Crippen LogP contribution in [0.5, 0.6) is 0 Å². The van der Waals surface area contributed by atoms with E-state index in [1.54, 1.807) is 0 Å². The van der Waals surface area contributed by atoms with Crippen LogP contribution in [-0.2, 0) is 9.53 Å². The first-order valence-electron chi connectivity index (χ1n) is 4.01. The van der Waals surface area contributed by atoms with Crippen molar-refractivity contribution in [2.45, 2.75) is 32.7 Å². The van der Waals surface area contributed by atoms with Gasteiger partial charge in [0.05, 0.1) is 0 Å². The maximum Gasteiger partial charge on any atom is 0.302 e. The van der Waals surface area contributed by atoms with E-state index in [2.05, 4.69) is 12.2 Å². The smallest absolute Gasteiger partial charge is 0.302 e. The predicted octanol–water partition coefficient (Wildman–Crippen LogP) is 0.938. The number of likely N-dealkylation sites (N-methyl/N-ethyl adjacent to an activating group) is 1. The van der Waals surface area contributed by atoms with E-state index >= 15 is 0 Å². The van der Waals surface area contributed by atoms with E-state index in [0.717, 1.165) is 12.8 Å². The van der Waals surface area contributed by atoms with Gasteiger partial charge in [0.25, 0.3) is 0 Å². The standard InChI is InChI=1S/C8H17NO2/c1-4-5-8(9-3)6-11-7(2)10/h8-9H,4-6H2,1-3H3/t8-/m0/s1. The number of esters is 1. The third-order valence-corrected chi connectivity index (χ3v) is 1.53. The molecule has 0 unspecified atom stereocenters. The Morgan fingerprint density at radius 1 is 1.64 bits per heavy atom. The van der Waals surface area contributed by atoms with Crippen LogP contribution in [0.1, 0.15) is 26.7 Å². The van der Waals surface area contributed by atoms with Gasteiger partial charge in [-0.1, -0.05) is 13.3 Å². The van der Waals surface area contributed by atoms with Crippen molar-refractivity contribution in [2.75, 3.05) is 13.7 Å². The van der Waals surface area contributed by atoms with Crippen molar-refractivity contribution in [3.05, 3.63) is 0 Å². The summed E-state index contributed by atoms with van der Waals surface area (Å²) in [5.74, 6) is -0.207. The van der Waals surface area contributed by atoms with Gasteiger partial charge in [-0.05, 0) is 13.5 Å². The summed E-state index contributed by atoms with van der Waals surface area (Å²) in [6.07, 6.45) is 2.15. The van der Waals surface area contributed by atoms with Gasteiger partial charge in [-0.25, -0.2) is 0 Å². The molecule has 66 valence electrons. The fourth-order valence-electron chi connectivity index (χ4n) is 0.877. The lowest BCUT2D eigenvalue weighted by Crippen LogP contribution is -2.30. The zero-order chi connectivity index (χ0) is 8.69. The molecule has 0 spiro atoms. The molecule has 1 atom stereocenters. The summed E-state index contributed by atoms with van der Waals surface area (Å²) in [6, 6.07) is 0.309. The molecule has 0 aliphatic carbocycles. The Hall–Kier alpha value is -0.570. The van der Waals surface area contributed by atoms with Crippen molar-refractivity contribution in [3.8, 4) is 0 Å². The number of ether oxygens (including phenoxy) is 1. The SMILES string of the molecule is CCC[C@@H](COC(C)=O)NC. The Balaban J connectivity index is 3.43. The molecule has 0 fully saturated rings. The molecule has 0 saturated carbocycles. The van der Waals surface area contributed by atoms with Gasteiger partial charge in [0.15, 0.2) is 0 Å². The minimum atomic E-state index is -0.207. The summed E-state index contributed by atoms with van der Waals surface area (Å²) in [6.45, 7) is 4.02. The van der Waals surface area contributed by atoms with E-state index in [0.29, 0.717) is 12.6 Å². The molecule has 0 bridgehead atoms. The van der Waals surface area contributed by atoms with Crippen LogP contribution in [0.2, 0.25) is 0 Å². The van der Waals surface area contributed by atoms with E-state index in [9.17, 15) is 4.79 Å². The first-order valence-corrected chi connectivity index (χ1v) is 4.01. The van der Waals surface area contributed by atoms with Crippen molar-refractivity contribution in [1.29, 1.82) is 0 Å². The number of rotatable bonds is 5. The third kappa shape index (κ3) is 5.85. The first-order chi connectivity index (χ1) is 5.20. The second-order valence-electron chi connectivity index (χ2n) is 2.58. The highest BCUT2D eigenvalue weighted by Gasteiger charge is 2.05. The van der Waals surface area contributed by atoms with Crippen LogP contribution < -0.4 is 5.32 Å². The summed E-state index contributed by atoms with van der Waals surface area (Å²) in [7, 11) is 1.88. The minimum Gasteiger partial charge on any atom is -0.464 e. The molecule has 11 heavy (non-hydrogen) atoms. The number of nitrogens with one attached hydrogen (secondary N) is 1. The summed E-state index contributed by atoms with van der Waals surface area (Å²) in [5, 5.41) is 3.08. The van der Waals surface area contributed by atoms with Crippen molar-refractivity contribution in [2.24, 2.45) is 0 Å². The van der Waals surface area contributed by atoms with Crippen LogP contribution in [-0.4, -0.2) is 25.7 Å². The normalized spacial score (nSPS) is 12.6. The number of carbonyl (C=O) groups excluding carboxylic acids is 1. The summed E-state index contributed by atoms with van der Waals surface area (Å²) in [4.78, 5) is 10.4. The Morgan fingerprint density at radius 2 is 2.27 bits per heavy atom. The Kier molecular flexibility index (Phi) is 5.84. The minimum absolute atomic E-state index is 0.207. The van der Waals surface area contributed by atoms with Gasteiger partial charge in [0.2, 0.25) is 0 Å². The molecule has 0 aliphatic rings. The molecule has 0 rings (SSSR count). The van der Waals surface area contributed by atoms with Crippen LogP contribution >= 0.6 is 0 Å². The van der Waals surface area contributed by atoms with Crippen molar-refractivity contribution >= 4 is 5.97 Å². The number of hydrogen-bond donors (Lipinski definition) is 1. The van der Waals surface area contributed by atoms with Crippen molar-refractivity contribution in [3.63, 3.8) is 0 Å². The average molecular weight is 159 g/mol. The zero-order valence-electron chi connectivity index (χ0n) is 7.52. The summed E-state index contributed by atoms with van der Waals surface area (Å²) < 4.78 is 4.85. The molecule has 1 N–H and O–H groups in total. The summed E-state index contributed by atoms with van der Waals surface area (Å²) >= 11 is 0. The largest absolute Gasteiger partial charge is 0.464 e. The third-order valence-electron chi connectivity index (χ3n) is 1.53. The molecule has 0 aromatic carbocycles. The molecule has 0 amide bonds. The maximum atomic E-state index is 10.4. The molecule has 0 aliphatic heterocycles. The van der Waals surface area contributed by atoms with Crippen LogP contribution in [0, 0.1) is 0 Å². The quantitative estimate of drug-likeness (QED) is 0.607. The van der Waals surface area contributed by atoms with Gasteiger partial charge >= 0.3 is 5.97 Å². The number of carbonyl (C=O) groups is 1. The van der Waals surface area contributed by atoms with Gasteiger partial charge in [-0.3, -0.25) is 4.79 Å². The second-order valence-corrected chi connectivity index (χ2v) is 2.58. The zero-order valence-corrected chi connectivity index (χ0v) is 7.52. The highest BCUT2D eigenvalue weighted by molar-refractivity contribution is 5.65. The lowest BCUT2D eigenvalue weighted by atomic mass is 10.2. The van der Waals surface area contributed by atoms with Gasteiger partial charge in [-0.2, -0.15) is 0 Å². The number of hydrogen-bond acceptors (Lipinski definition) is 3. The molecule has 0 aromatic heterocycles.